The third kappa shape index (κ3) is 6.65. The molecule has 2 aliphatic heterocycles. The summed E-state index contributed by atoms with van der Waals surface area (Å²) in [7, 11) is 0. The molecule has 1 amide bonds. The number of anilines is 1. The van der Waals surface area contributed by atoms with Crippen molar-refractivity contribution in [2.75, 3.05) is 18.0 Å². The lowest BCUT2D eigenvalue weighted by atomic mass is 9.95. The van der Waals surface area contributed by atoms with Gasteiger partial charge in [-0.3, -0.25) is 9.88 Å². The zero-order valence-corrected chi connectivity index (χ0v) is 26.6. The van der Waals surface area contributed by atoms with E-state index in [1.165, 1.54) is 25.3 Å². The number of halogens is 7. The van der Waals surface area contributed by atoms with Crippen LogP contribution in [0.1, 0.15) is 57.0 Å². The minimum absolute atomic E-state index is 0.00164. The van der Waals surface area contributed by atoms with E-state index in [2.05, 4.69) is 15.0 Å². The fraction of sp³-hybridized carbons (Fsp3) is 0.324. The quantitative estimate of drug-likeness (QED) is 0.194. The first-order valence-electron chi connectivity index (χ1n) is 15.2. The number of pyridine rings is 1. The summed E-state index contributed by atoms with van der Waals surface area (Å²) >= 11 is 0. The molecule has 1 unspecified atom stereocenters. The Morgan fingerprint density at radius 3 is 2.16 bits per heavy atom. The van der Waals surface area contributed by atoms with Crippen LogP contribution in [0.4, 0.5) is 41.5 Å². The zero-order valence-electron chi connectivity index (χ0n) is 26.6. The second-order valence-corrected chi connectivity index (χ2v) is 12.2. The molecule has 2 fully saturated rings. The molecule has 4 aromatic rings. The van der Waals surface area contributed by atoms with E-state index >= 15 is 0 Å². The van der Waals surface area contributed by atoms with Crippen LogP contribution >= 0.6 is 0 Å². The number of ether oxygens (including phenoxy) is 1. The Bertz CT molecular complexity index is 1960. The van der Waals surface area contributed by atoms with Crippen LogP contribution < -0.4 is 4.90 Å². The molecule has 4 heterocycles. The summed E-state index contributed by atoms with van der Waals surface area (Å²) in [6.45, 7) is 4.66. The summed E-state index contributed by atoms with van der Waals surface area (Å²) in [5, 5.41) is 9.37. The van der Waals surface area contributed by atoms with E-state index in [0.29, 0.717) is 45.6 Å². The van der Waals surface area contributed by atoms with E-state index in [1.54, 1.807) is 37.1 Å². The first kappa shape index (κ1) is 34.6. The molecule has 0 saturated carbocycles. The second-order valence-electron chi connectivity index (χ2n) is 12.2. The van der Waals surface area contributed by atoms with Crippen LogP contribution in [0.25, 0.3) is 22.3 Å². The van der Waals surface area contributed by atoms with Crippen molar-refractivity contribution in [1.82, 2.24) is 19.9 Å². The number of carboxylic acid groups (broad SMARTS) is 1. The van der Waals surface area contributed by atoms with Gasteiger partial charge in [0.15, 0.2) is 0 Å². The molecule has 50 heavy (non-hydrogen) atoms. The van der Waals surface area contributed by atoms with Gasteiger partial charge in [0.25, 0.3) is 0 Å². The maximum absolute atomic E-state index is 13.7. The first-order chi connectivity index (χ1) is 23.4. The molecule has 2 aromatic heterocycles. The smallest absolute Gasteiger partial charge is 0.416 e. The largest absolute Gasteiger partial charge is 0.478 e. The van der Waals surface area contributed by atoms with Crippen molar-refractivity contribution in [3.05, 3.63) is 94.1 Å². The highest BCUT2D eigenvalue weighted by atomic mass is 19.4. The van der Waals surface area contributed by atoms with Crippen molar-refractivity contribution < 1.29 is 50.2 Å². The Morgan fingerprint density at radius 1 is 0.920 bits per heavy atom. The average Bonchev–Trinajstić information content (AvgIpc) is 3.31. The Hall–Kier alpha value is -5.28. The summed E-state index contributed by atoms with van der Waals surface area (Å²) < 4.78 is 101. The minimum Gasteiger partial charge on any atom is -0.478 e. The molecule has 0 spiro atoms. The monoisotopic (exact) mass is 703 g/mol. The Balaban J connectivity index is 1.39. The Morgan fingerprint density at radius 2 is 1.58 bits per heavy atom. The molecule has 0 bridgehead atoms. The minimum atomic E-state index is -5.10. The normalized spacial score (nSPS) is 18.3. The van der Waals surface area contributed by atoms with E-state index < -0.39 is 59.4 Å². The number of hydrogen-bond acceptors (Lipinski definition) is 7. The van der Waals surface area contributed by atoms with Crippen molar-refractivity contribution in [2.45, 2.75) is 58.0 Å². The van der Waals surface area contributed by atoms with Gasteiger partial charge < -0.3 is 14.7 Å². The maximum atomic E-state index is 13.7. The van der Waals surface area contributed by atoms with Crippen molar-refractivity contribution in [1.29, 1.82) is 0 Å². The number of benzene rings is 2. The van der Waals surface area contributed by atoms with Gasteiger partial charge in [0.1, 0.15) is 12.3 Å². The van der Waals surface area contributed by atoms with Crippen LogP contribution in [-0.4, -0.2) is 62.3 Å². The predicted molar refractivity (Wildman–Crippen MR) is 165 cm³/mol. The Kier molecular flexibility index (Phi) is 8.68. The van der Waals surface area contributed by atoms with Gasteiger partial charge in [0.05, 0.1) is 48.1 Å². The molecular weight excluding hydrogens is 675 g/mol. The number of hydrogen-bond donors (Lipinski definition) is 1. The molecule has 9 nitrogen and oxygen atoms in total. The van der Waals surface area contributed by atoms with E-state index in [9.17, 15) is 45.4 Å². The van der Waals surface area contributed by atoms with Crippen LogP contribution in [0.15, 0.2) is 54.9 Å². The third-order valence-corrected chi connectivity index (χ3v) is 8.79. The van der Waals surface area contributed by atoms with Gasteiger partial charge in [-0.2, -0.15) is 26.3 Å². The Labute approximate surface area is 280 Å². The van der Waals surface area contributed by atoms with Crippen LogP contribution in [0.5, 0.6) is 0 Å². The number of aromatic carboxylic acids is 1. The molecule has 2 aliphatic rings. The average molecular weight is 704 g/mol. The molecule has 6 rings (SSSR count). The topological polar surface area (TPSA) is 109 Å². The molecule has 16 heteroatoms. The van der Waals surface area contributed by atoms with Crippen LogP contribution in [0.3, 0.4) is 0 Å². The number of cyclic esters (lactones) is 1. The van der Waals surface area contributed by atoms with E-state index in [1.807, 2.05) is 0 Å². The first-order valence-corrected chi connectivity index (χ1v) is 15.2. The van der Waals surface area contributed by atoms with Gasteiger partial charge in [-0.05, 0) is 73.9 Å². The van der Waals surface area contributed by atoms with E-state index in [-0.39, 0.29) is 42.9 Å². The molecule has 0 radical (unpaired) electrons. The maximum Gasteiger partial charge on any atom is 0.416 e. The molecule has 2 aromatic carbocycles. The van der Waals surface area contributed by atoms with Gasteiger partial charge >= 0.3 is 24.4 Å². The number of carboxylic acids is 1. The molecule has 2 saturated heterocycles. The van der Waals surface area contributed by atoms with Gasteiger partial charge in [-0.15, -0.1) is 0 Å². The van der Waals surface area contributed by atoms with Crippen molar-refractivity contribution in [3.8, 4) is 22.3 Å². The number of amides is 1. The van der Waals surface area contributed by atoms with Crippen molar-refractivity contribution in [2.24, 2.45) is 0 Å². The van der Waals surface area contributed by atoms with Gasteiger partial charge in [0.2, 0.25) is 5.95 Å². The van der Waals surface area contributed by atoms with Crippen molar-refractivity contribution in [3.63, 3.8) is 0 Å². The van der Waals surface area contributed by atoms with E-state index in [0.717, 1.165) is 4.90 Å². The van der Waals surface area contributed by atoms with Gasteiger partial charge in [-0.1, -0.05) is 6.07 Å². The molecule has 2 atom stereocenters. The highest BCUT2D eigenvalue weighted by Crippen LogP contribution is 2.42. The van der Waals surface area contributed by atoms with Crippen molar-refractivity contribution >= 4 is 18.0 Å². The number of rotatable bonds is 7. The number of aryl methyl sites for hydroxylation is 2. The standard InChI is InChI=1S/C34H28F7N5O4/c1-16-6-19(30(47)48)4-5-25(16)21-9-26(17(2)42-11-21)27-12-43-31(45-13-24(35)14-45)44-28(27)15-46-18(3)29(50-32(46)49)20-7-22(33(36,37)38)10-23(8-20)34(39,40)41/h4-12,18,24,29H,13-15H2,1-3H3,(H,47,48)/t18-,29?/m0/s1. The number of carbonyl (C=O) groups is 2. The highest BCUT2D eigenvalue weighted by molar-refractivity contribution is 5.89. The summed E-state index contributed by atoms with van der Waals surface area (Å²) in [4.78, 5) is 41.0. The lowest BCUT2D eigenvalue weighted by Gasteiger charge is -2.34. The van der Waals surface area contributed by atoms with Crippen LogP contribution in [0, 0.1) is 13.8 Å². The number of alkyl halides is 7. The molecular formula is C34H28F7N5O4. The lowest BCUT2D eigenvalue weighted by molar-refractivity contribution is -0.143. The second kappa shape index (κ2) is 12.6. The molecule has 1 N–H and O–H groups in total. The van der Waals surface area contributed by atoms with E-state index in [4.69, 9.17) is 4.74 Å². The SMILES string of the molecule is Cc1cc(C(=O)O)ccc1-c1cnc(C)c(-c2cnc(N3CC(F)C3)nc2CN2C(=O)OC(c3cc(C(F)(F)F)cc(C(F)(F)F)c3)[C@@H]2C)c1. The summed E-state index contributed by atoms with van der Waals surface area (Å²) in [5.41, 5.74) is 0.213. The summed E-state index contributed by atoms with van der Waals surface area (Å²) in [5.74, 6) is -0.930. The van der Waals surface area contributed by atoms with Gasteiger partial charge in [-0.25, -0.2) is 23.9 Å². The van der Waals surface area contributed by atoms with Gasteiger partial charge in [0, 0.05) is 34.8 Å². The fourth-order valence-electron chi connectivity index (χ4n) is 6.03. The molecule has 262 valence electrons. The molecule has 0 aliphatic carbocycles. The third-order valence-electron chi connectivity index (χ3n) is 8.79. The lowest BCUT2D eigenvalue weighted by Crippen LogP contribution is -2.49. The predicted octanol–water partition coefficient (Wildman–Crippen LogP) is 7.80. The zero-order chi connectivity index (χ0) is 36.3. The summed E-state index contributed by atoms with van der Waals surface area (Å²) in [6, 6.07) is 6.42. The fourth-order valence-corrected chi connectivity index (χ4v) is 6.03. The number of aromatic nitrogens is 3. The number of carbonyl (C=O) groups excluding carboxylic acids is 1. The highest BCUT2D eigenvalue weighted by Gasteiger charge is 2.44. The number of nitrogens with zero attached hydrogens (tertiary/aromatic N) is 5. The van der Waals surface area contributed by atoms with Crippen LogP contribution in [0.2, 0.25) is 0 Å². The summed E-state index contributed by atoms with van der Waals surface area (Å²) in [6.07, 6.45) is -10.7. The van der Waals surface area contributed by atoms with Crippen LogP contribution in [-0.2, 0) is 23.6 Å².